The lowest BCUT2D eigenvalue weighted by molar-refractivity contribution is -0.384. The number of nitrogens with zero attached hydrogens (tertiary/aromatic N) is 2. The third-order valence-electron chi connectivity index (χ3n) is 6.27. The summed E-state index contributed by atoms with van der Waals surface area (Å²) in [5.74, 6) is 0.0135. The zero-order chi connectivity index (χ0) is 26.8. The van der Waals surface area contributed by atoms with Gasteiger partial charge in [0.15, 0.2) is 5.78 Å². The number of carbonyl (C=O) groups excluding carboxylic acids is 2. The number of benzene rings is 4. The molecule has 0 aliphatic carbocycles. The molecule has 188 valence electrons. The Balaban J connectivity index is 1.62. The minimum atomic E-state index is -0.740. The smallest absolute Gasteiger partial charge is 0.343 e. The van der Waals surface area contributed by atoms with E-state index in [9.17, 15) is 19.7 Å². The minimum Gasteiger partial charge on any atom is -0.497 e. The van der Waals surface area contributed by atoms with E-state index in [1.165, 1.54) is 18.2 Å². The minimum absolute atomic E-state index is 0.0480. The number of nitro benzene ring substituents is 1. The van der Waals surface area contributed by atoms with Crippen LogP contribution in [0.2, 0.25) is 0 Å². The number of methoxy groups -OCH3 is 1. The maximum absolute atomic E-state index is 13.7. The first-order valence-corrected chi connectivity index (χ1v) is 11.7. The molecule has 0 fully saturated rings. The molecule has 0 aliphatic heterocycles. The fraction of sp³-hybridized carbons (Fsp3) is 0.0667. The molecule has 1 aromatic heterocycles. The van der Waals surface area contributed by atoms with Crippen molar-refractivity contribution in [3.63, 3.8) is 0 Å². The number of carbonyl (C=O) groups is 2. The predicted octanol–water partition coefficient (Wildman–Crippen LogP) is 6.31. The Morgan fingerprint density at radius 1 is 0.816 bits per heavy atom. The highest BCUT2D eigenvalue weighted by molar-refractivity contribution is 6.18. The van der Waals surface area contributed by atoms with Crippen LogP contribution in [0.5, 0.6) is 11.5 Å². The van der Waals surface area contributed by atoms with Crippen molar-refractivity contribution in [3.05, 3.63) is 130 Å². The summed E-state index contributed by atoms with van der Waals surface area (Å²) in [6.07, 6.45) is 0. The molecule has 5 rings (SSSR count). The molecule has 0 saturated carbocycles. The Kier molecular flexibility index (Phi) is 6.45. The van der Waals surface area contributed by atoms with Crippen molar-refractivity contribution in [2.24, 2.45) is 0 Å². The van der Waals surface area contributed by atoms with E-state index in [4.69, 9.17) is 9.47 Å². The van der Waals surface area contributed by atoms with Crippen molar-refractivity contribution in [1.82, 2.24) is 4.57 Å². The largest absolute Gasteiger partial charge is 0.497 e. The summed E-state index contributed by atoms with van der Waals surface area (Å²) in [6, 6.07) is 26.8. The molecule has 0 saturated heterocycles. The number of aromatic nitrogens is 1. The number of ketones is 1. The van der Waals surface area contributed by atoms with E-state index < -0.39 is 10.9 Å². The lowest BCUT2D eigenvalue weighted by atomic mass is 10.0. The van der Waals surface area contributed by atoms with Gasteiger partial charge in [-0.3, -0.25) is 14.9 Å². The average molecular weight is 507 g/mol. The number of rotatable bonds is 7. The maximum Gasteiger partial charge on any atom is 0.343 e. The molecule has 0 atom stereocenters. The van der Waals surface area contributed by atoms with Crippen LogP contribution in [0, 0.1) is 17.0 Å². The molecule has 8 heteroatoms. The molecular weight excluding hydrogens is 484 g/mol. The van der Waals surface area contributed by atoms with Gasteiger partial charge in [-0.2, -0.15) is 0 Å². The lowest BCUT2D eigenvalue weighted by Crippen LogP contribution is -2.09. The predicted molar refractivity (Wildman–Crippen MR) is 142 cm³/mol. The van der Waals surface area contributed by atoms with Crippen molar-refractivity contribution in [2.45, 2.75) is 6.92 Å². The van der Waals surface area contributed by atoms with E-state index in [2.05, 4.69) is 0 Å². The second kappa shape index (κ2) is 10.0. The van der Waals surface area contributed by atoms with Gasteiger partial charge in [0.05, 0.1) is 28.7 Å². The summed E-state index contributed by atoms with van der Waals surface area (Å²) < 4.78 is 12.8. The zero-order valence-corrected chi connectivity index (χ0v) is 20.6. The Labute approximate surface area is 217 Å². The molecule has 0 unspecified atom stereocenters. The van der Waals surface area contributed by atoms with E-state index in [1.54, 1.807) is 49.6 Å². The maximum atomic E-state index is 13.7. The highest BCUT2D eigenvalue weighted by Crippen LogP contribution is 2.34. The fourth-order valence-electron chi connectivity index (χ4n) is 4.46. The third kappa shape index (κ3) is 4.51. The summed E-state index contributed by atoms with van der Waals surface area (Å²) >= 11 is 0. The molecule has 0 bridgehead atoms. The number of nitro groups is 1. The number of esters is 1. The third-order valence-corrected chi connectivity index (χ3v) is 6.27. The van der Waals surface area contributed by atoms with E-state index in [-0.39, 0.29) is 22.8 Å². The first-order valence-electron chi connectivity index (χ1n) is 11.7. The summed E-state index contributed by atoms with van der Waals surface area (Å²) in [5, 5.41) is 11.7. The first-order chi connectivity index (χ1) is 18.4. The van der Waals surface area contributed by atoms with E-state index in [0.29, 0.717) is 22.3 Å². The highest BCUT2D eigenvalue weighted by Gasteiger charge is 2.23. The van der Waals surface area contributed by atoms with Gasteiger partial charge in [-0.15, -0.1) is 0 Å². The van der Waals surface area contributed by atoms with Crippen molar-refractivity contribution in [2.75, 3.05) is 7.11 Å². The van der Waals surface area contributed by atoms with E-state index in [0.717, 1.165) is 23.0 Å². The van der Waals surface area contributed by atoms with Gasteiger partial charge in [-0.1, -0.05) is 36.4 Å². The Bertz CT molecular complexity index is 1690. The van der Waals surface area contributed by atoms with Crippen LogP contribution >= 0.6 is 0 Å². The molecule has 5 aromatic rings. The van der Waals surface area contributed by atoms with Crippen LogP contribution in [-0.4, -0.2) is 28.4 Å². The van der Waals surface area contributed by atoms with Gasteiger partial charge in [-0.25, -0.2) is 4.79 Å². The fourth-order valence-corrected chi connectivity index (χ4v) is 4.46. The van der Waals surface area contributed by atoms with Crippen molar-refractivity contribution in [3.8, 4) is 17.2 Å². The van der Waals surface area contributed by atoms with Crippen LogP contribution in [0.15, 0.2) is 97.1 Å². The van der Waals surface area contributed by atoms with Gasteiger partial charge in [0.2, 0.25) is 0 Å². The van der Waals surface area contributed by atoms with Gasteiger partial charge in [0, 0.05) is 34.5 Å². The summed E-state index contributed by atoms with van der Waals surface area (Å²) in [6.45, 7) is 1.87. The average Bonchev–Trinajstić information content (AvgIpc) is 3.24. The zero-order valence-electron chi connectivity index (χ0n) is 20.6. The molecule has 38 heavy (non-hydrogen) atoms. The second-order valence-electron chi connectivity index (χ2n) is 8.56. The van der Waals surface area contributed by atoms with Gasteiger partial charge >= 0.3 is 5.97 Å². The van der Waals surface area contributed by atoms with Gasteiger partial charge in [-0.05, 0) is 55.5 Å². The quantitative estimate of drug-likeness (QED) is 0.0843. The molecule has 0 spiro atoms. The van der Waals surface area contributed by atoms with Crippen LogP contribution in [0.1, 0.15) is 32.0 Å². The standard InChI is InChI=1S/C30H22N2O6/c1-19-28(29(33)20-7-4-3-5-8-20)26-18-25(38-30(34)21-9-6-10-23(17-21)32(35)36)15-16-27(26)31(19)22-11-13-24(37-2)14-12-22/h3-18H,1-2H3. The van der Waals surface area contributed by atoms with Gasteiger partial charge < -0.3 is 14.0 Å². The molecule has 4 aromatic carbocycles. The molecule has 0 N–H and O–H groups in total. The molecule has 8 nitrogen and oxygen atoms in total. The molecule has 0 aliphatic rings. The number of hydrogen-bond donors (Lipinski definition) is 0. The Hall–Kier alpha value is -5.24. The summed E-state index contributed by atoms with van der Waals surface area (Å²) in [7, 11) is 1.60. The Morgan fingerprint density at radius 2 is 1.50 bits per heavy atom. The summed E-state index contributed by atoms with van der Waals surface area (Å²) in [4.78, 5) is 37.0. The summed E-state index contributed by atoms with van der Waals surface area (Å²) in [5.41, 5.74) is 3.16. The van der Waals surface area contributed by atoms with Gasteiger partial charge in [0.1, 0.15) is 11.5 Å². The molecular formula is C30H22N2O6. The van der Waals surface area contributed by atoms with Crippen molar-refractivity contribution in [1.29, 1.82) is 0 Å². The highest BCUT2D eigenvalue weighted by atomic mass is 16.6. The van der Waals surface area contributed by atoms with Crippen LogP contribution in [0.4, 0.5) is 5.69 Å². The topological polar surface area (TPSA) is 101 Å². The molecule has 1 heterocycles. The van der Waals surface area contributed by atoms with Crippen LogP contribution in [0.25, 0.3) is 16.6 Å². The lowest BCUT2D eigenvalue weighted by Gasteiger charge is -2.10. The number of fused-ring (bicyclic) bond motifs is 1. The van der Waals surface area contributed by atoms with E-state index >= 15 is 0 Å². The van der Waals surface area contributed by atoms with Crippen molar-refractivity contribution >= 4 is 28.3 Å². The Morgan fingerprint density at radius 3 is 2.18 bits per heavy atom. The molecule has 0 amide bonds. The van der Waals surface area contributed by atoms with Crippen LogP contribution in [0.3, 0.4) is 0 Å². The number of ether oxygens (including phenoxy) is 2. The SMILES string of the molecule is COc1ccc(-n2c(C)c(C(=O)c3ccccc3)c3cc(OC(=O)c4cccc([N+](=O)[O-])c4)ccc32)cc1. The van der Waals surface area contributed by atoms with Crippen molar-refractivity contribution < 1.29 is 24.0 Å². The number of non-ortho nitro benzene ring substituents is 1. The second-order valence-corrected chi connectivity index (χ2v) is 8.56. The molecule has 0 radical (unpaired) electrons. The first kappa shape index (κ1) is 24.5. The monoisotopic (exact) mass is 506 g/mol. The van der Waals surface area contributed by atoms with Crippen LogP contribution in [-0.2, 0) is 0 Å². The van der Waals surface area contributed by atoms with Crippen LogP contribution < -0.4 is 9.47 Å². The normalized spacial score (nSPS) is 10.8. The number of hydrogen-bond acceptors (Lipinski definition) is 6. The van der Waals surface area contributed by atoms with E-state index in [1.807, 2.05) is 41.8 Å². The van der Waals surface area contributed by atoms with Gasteiger partial charge in [0.25, 0.3) is 5.69 Å².